The normalized spacial score (nSPS) is 22.4. The molecule has 2 fully saturated rings. The van der Waals surface area contributed by atoms with E-state index in [1.807, 2.05) is 0 Å². The van der Waals surface area contributed by atoms with Gasteiger partial charge in [-0.3, -0.25) is 33.6 Å². The molecule has 1 aromatic carbocycles. The molecule has 2 aliphatic heterocycles. The van der Waals surface area contributed by atoms with Crippen LogP contribution in [0, 0.1) is 29.1 Å². The van der Waals surface area contributed by atoms with Crippen molar-refractivity contribution in [2.75, 3.05) is 13.1 Å². The van der Waals surface area contributed by atoms with Crippen LogP contribution >= 0.6 is 0 Å². The van der Waals surface area contributed by atoms with Gasteiger partial charge in [0, 0.05) is 32.4 Å². The van der Waals surface area contributed by atoms with Crippen LogP contribution in [0.25, 0.3) is 0 Å². The fourth-order valence-corrected chi connectivity index (χ4v) is 9.54. The molecule has 13 N–H and O–H groups in total. The molecule has 75 heavy (non-hydrogen) atoms. The SMILES string of the molecule is CC[C@H](C)C[C@H](C)CCCCCCCCC(=O)N[C@@H](C[C@@H](O)[C@@H](O)NC(=O)[C@@H]1[C@@H](O)CCN1C(=O)[C@@H](C)[C@H](O)CC#N)C(=O)N[C@H](C(=O)N1C[C@H](O)C[C@H]1C(=O)N[C@H](C(C)=O)[C@H](O)[C@@H](O)c1ccc(O)cc1)[C@@H](C)O. The number of benzene rings is 1. The second kappa shape index (κ2) is 31.0. The molecule has 2 aliphatic rings. The first-order valence-corrected chi connectivity index (χ1v) is 26.2. The van der Waals surface area contributed by atoms with Crippen molar-refractivity contribution in [2.24, 2.45) is 17.8 Å². The Labute approximate surface area is 439 Å². The van der Waals surface area contributed by atoms with Crippen molar-refractivity contribution < 1.29 is 79.5 Å². The maximum atomic E-state index is 14.2. The highest BCUT2D eigenvalue weighted by molar-refractivity contribution is 5.96. The molecule has 0 saturated carbocycles. The Bertz CT molecular complexity index is 2070. The fraction of sp³-hybridized carbons (Fsp3) is 0.731. The number of rotatable bonds is 31. The standard InChI is InChI=1S/C52H83N7O16/c1-7-28(2)24-29(3)14-12-10-8-9-11-13-15-41(67)54-36(26-40(66)49(72)57-50(73)44-39(65)21-23-58(44)51(74)30(4)38(64)20-22-53)47(70)56-43(32(6)61)52(75)59-27-35(63)25-37(59)48(71)55-42(31(5)60)46(69)45(68)33-16-18-34(62)19-17-33/h16-19,28-30,32,35-40,42-46,49,61-66,68-69,72H,7-15,20-21,23-27H2,1-6H3,(H,54,67)(H,55,71)(H,56,70)(H,57,73)/t28-,29+,30-,32+,35+,36-,37-,38+,39-,40+,42+,43-,44-,45-,46-,49+/m0/s1. The first kappa shape index (κ1) is 64.0. The van der Waals surface area contributed by atoms with Crippen LogP contribution in [0.5, 0.6) is 5.75 Å². The third kappa shape index (κ3) is 19.3. The lowest BCUT2D eigenvalue weighted by molar-refractivity contribution is -0.148. The Kier molecular flexibility index (Phi) is 26.5. The third-order valence-electron chi connectivity index (χ3n) is 14.4. The molecule has 0 spiro atoms. The lowest BCUT2D eigenvalue weighted by atomic mass is 9.91. The lowest BCUT2D eigenvalue weighted by Crippen LogP contribution is -2.61. The van der Waals surface area contributed by atoms with Crippen LogP contribution < -0.4 is 21.3 Å². The summed E-state index contributed by atoms with van der Waals surface area (Å²) in [7, 11) is 0. The molecule has 0 unspecified atom stereocenters. The molecule has 2 heterocycles. The minimum atomic E-state index is -2.19. The number of nitrogens with one attached hydrogen (secondary N) is 4. The van der Waals surface area contributed by atoms with Crippen LogP contribution in [0.1, 0.15) is 143 Å². The zero-order valence-corrected chi connectivity index (χ0v) is 44.1. The van der Waals surface area contributed by atoms with Gasteiger partial charge in [0.1, 0.15) is 54.3 Å². The molecule has 0 aliphatic carbocycles. The molecule has 16 atom stereocenters. The van der Waals surface area contributed by atoms with E-state index in [2.05, 4.69) is 42.0 Å². The van der Waals surface area contributed by atoms with Crippen molar-refractivity contribution in [3.05, 3.63) is 29.8 Å². The lowest BCUT2D eigenvalue weighted by Gasteiger charge is -2.33. The first-order chi connectivity index (χ1) is 35.3. The summed E-state index contributed by atoms with van der Waals surface area (Å²) in [6.07, 6.45) is -6.96. The van der Waals surface area contributed by atoms with E-state index in [0.717, 1.165) is 62.2 Å². The predicted molar refractivity (Wildman–Crippen MR) is 270 cm³/mol. The van der Waals surface area contributed by atoms with Gasteiger partial charge in [-0.05, 0) is 62.6 Å². The number of carbonyl (C=O) groups excluding carboxylic acids is 7. The molecular formula is C52H83N7O16. The minimum Gasteiger partial charge on any atom is -0.508 e. The van der Waals surface area contributed by atoms with Crippen LogP contribution in [0.15, 0.2) is 24.3 Å². The quantitative estimate of drug-likeness (QED) is 0.0327. The van der Waals surface area contributed by atoms with Gasteiger partial charge in [-0.1, -0.05) is 84.8 Å². The van der Waals surface area contributed by atoms with Crippen LogP contribution in [0.3, 0.4) is 0 Å². The fourth-order valence-electron chi connectivity index (χ4n) is 9.54. The topological polar surface area (TPSA) is 380 Å². The number of aliphatic hydroxyl groups excluding tert-OH is 8. The number of hydrogen-bond donors (Lipinski definition) is 13. The highest BCUT2D eigenvalue weighted by Crippen LogP contribution is 2.26. The molecule has 3 rings (SSSR count). The number of nitriles is 1. The van der Waals surface area contributed by atoms with E-state index in [0.29, 0.717) is 24.7 Å². The average molecular weight is 1060 g/mol. The van der Waals surface area contributed by atoms with Gasteiger partial charge in [0.15, 0.2) is 12.0 Å². The number of unbranched alkanes of at least 4 members (excludes halogenated alkanes) is 5. The zero-order valence-electron chi connectivity index (χ0n) is 44.1. The Morgan fingerprint density at radius 2 is 1.37 bits per heavy atom. The van der Waals surface area contributed by atoms with Crippen LogP contribution in [-0.2, 0) is 33.6 Å². The second-order valence-corrected chi connectivity index (χ2v) is 20.7. The van der Waals surface area contributed by atoms with E-state index in [4.69, 9.17) is 5.26 Å². The molecular weight excluding hydrogens is 979 g/mol. The largest absolute Gasteiger partial charge is 0.508 e. The van der Waals surface area contributed by atoms with Crippen molar-refractivity contribution in [1.82, 2.24) is 31.1 Å². The first-order valence-electron chi connectivity index (χ1n) is 26.2. The smallest absolute Gasteiger partial charge is 0.248 e. The molecule has 6 amide bonds. The molecule has 23 heteroatoms. The van der Waals surface area contributed by atoms with Gasteiger partial charge in [0.25, 0.3) is 0 Å². The van der Waals surface area contributed by atoms with Crippen molar-refractivity contribution in [1.29, 1.82) is 5.26 Å². The van der Waals surface area contributed by atoms with E-state index in [-0.39, 0.29) is 37.1 Å². The molecule has 23 nitrogen and oxygen atoms in total. The maximum absolute atomic E-state index is 14.2. The van der Waals surface area contributed by atoms with Crippen molar-refractivity contribution in [2.45, 2.75) is 211 Å². The molecule has 0 aromatic heterocycles. The number of Topliss-reactive ketones (excluding diaryl/α,β-unsaturated/α-hetero) is 1. The zero-order chi connectivity index (χ0) is 56.3. The molecule has 422 valence electrons. The Morgan fingerprint density at radius 3 is 1.97 bits per heavy atom. The van der Waals surface area contributed by atoms with Gasteiger partial charge >= 0.3 is 0 Å². The van der Waals surface area contributed by atoms with Gasteiger partial charge in [-0.2, -0.15) is 5.26 Å². The van der Waals surface area contributed by atoms with Gasteiger partial charge in [0.2, 0.25) is 35.4 Å². The van der Waals surface area contributed by atoms with Gasteiger partial charge in [-0.15, -0.1) is 0 Å². The highest BCUT2D eigenvalue weighted by Gasteiger charge is 2.46. The number of likely N-dealkylation sites (tertiary alicyclic amines) is 2. The van der Waals surface area contributed by atoms with Crippen LogP contribution in [-0.4, -0.2) is 183 Å². The Balaban J connectivity index is 1.79. The molecule has 0 radical (unpaired) electrons. The van der Waals surface area contributed by atoms with E-state index in [1.165, 1.54) is 37.6 Å². The van der Waals surface area contributed by atoms with E-state index < -0.39 is 146 Å². The number of aromatic hydroxyl groups is 1. The summed E-state index contributed by atoms with van der Waals surface area (Å²) in [6, 6.07) is -1.73. The van der Waals surface area contributed by atoms with Crippen LogP contribution in [0.4, 0.5) is 0 Å². The summed E-state index contributed by atoms with van der Waals surface area (Å²) < 4.78 is 0. The Hall–Kier alpha value is -5.32. The number of β-amino-alcohol motifs (C(OH)–C–C–N with tert-alkyl or cyclic N) is 1. The number of aliphatic hydroxyl groups is 8. The molecule has 2 saturated heterocycles. The highest BCUT2D eigenvalue weighted by atomic mass is 16.3. The molecule has 0 bridgehead atoms. The van der Waals surface area contributed by atoms with Gasteiger partial charge in [-0.25, -0.2) is 0 Å². The maximum Gasteiger partial charge on any atom is 0.248 e. The van der Waals surface area contributed by atoms with Crippen molar-refractivity contribution in [3.63, 3.8) is 0 Å². The summed E-state index contributed by atoms with van der Waals surface area (Å²) in [5, 5.41) is 115. The molecule has 1 aromatic rings. The number of amides is 6. The van der Waals surface area contributed by atoms with Gasteiger partial charge < -0.3 is 77.0 Å². The van der Waals surface area contributed by atoms with Crippen molar-refractivity contribution >= 4 is 41.2 Å². The number of ketones is 1. The van der Waals surface area contributed by atoms with Crippen molar-refractivity contribution in [3.8, 4) is 11.8 Å². The summed E-state index contributed by atoms with van der Waals surface area (Å²) in [5.74, 6) is -6.62. The summed E-state index contributed by atoms with van der Waals surface area (Å²) in [5.41, 5.74) is 0.0921. The summed E-state index contributed by atoms with van der Waals surface area (Å²) >= 11 is 0. The second-order valence-electron chi connectivity index (χ2n) is 20.7. The van der Waals surface area contributed by atoms with E-state index in [1.54, 1.807) is 6.07 Å². The number of phenolic OH excluding ortho intramolecular Hbond substituents is 1. The minimum absolute atomic E-state index is 0.0607. The summed E-state index contributed by atoms with van der Waals surface area (Å²) in [6.45, 7) is 9.58. The average Bonchev–Trinajstić information content (AvgIpc) is 3.96. The third-order valence-corrected chi connectivity index (χ3v) is 14.4. The van der Waals surface area contributed by atoms with Gasteiger partial charge in [0.05, 0.1) is 42.8 Å². The summed E-state index contributed by atoms with van der Waals surface area (Å²) in [4.78, 5) is 96.9. The van der Waals surface area contributed by atoms with Crippen LogP contribution in [0.2, 0.25) is 0 Å². The Morgan fingerprint density at radius 1 is 0.747 bits per heavy atom. The van der Waals surface area contributed by atoms with E-state index >= 15 is 0 Å². The number of phenols is 1. The number of carbonyl (C=O) groups is 7. The predicted octanol–water partition coefficient (Wildman–Crippen LogP) is -0.576. The monoisotopic (exact) mass is 1060 g/mol. The number of nitrogens with zero attached hydrogens (tertiary/aromatic N) is 3. The number of hydrogen-bond acceptors (Lipinski definition) is 17. The van der Waals surface area contributed by atoms with E-state index in [9.17, 15) is 79.5 Å².